The summed E-state index contributed by atoms with van der Waals surface area (Å²) in [6, 6.07) is 13.6. The number of ether oxygens (including phenoxy) is 3. The molecule has 0 aromatic heterocycles. The molecule has 0 radical (unpaired) electrons. The maximum Gasteiger partial charge on any atom is 0.220 e. The Morgan fingerprint density at radius 3 is 2.80 bits per heavy atom. The Bertz CT molecular complexity index is 744. The van der Waals surface area contributed by atoms with Gasteiger partial charge in [0.05, 0.1) is 26.9 Å². The van der Waals surface area contributed by atoms with Crippen LogP contribution < -0.4 is 19.5 Å². The molecule has 0 spiro atoms. The summed E-state index contributed by atoms with van der Waals surface area (Å²) in [7, 11) is 3.22. The molecule has 132 valence electrons. The molecule has 1 amide bonds. The third kappa shape index (κ3) is 3.87. The largest absolute Gasteiger partial charge is 0.493 e. The van der Waals surface area contributed by atoms with E-state index in [1.807, 2.05) is 42.5 Å². The lowest BCUT2D eigenvalue weighted by Crippen LogP contribution is -2.32. The predicted molar refractivity (Wildman–Crippen MR) is 95.3 cm³/mol. The molecule has 0 aliphatic carbocycles. The van der Waals surface area contributed by atoms with E-state index in [0.29, 0.717) is 30.9 Å². The molecule has 0 saturated carbocycles. The zero-order valence-electron chi connectivity index (χ0n) is 14.6. The molecule has 1 aliphatic heterocycles. The Balaban J connectivity index is 1.63. The molecule has 1 aliphatic rings. The molecular formula is C20H23NO4. The highest BCUT2D eigenvalue weighted by atomic mass is 16.5. The second-order valence-corrected chi connectivity index (χ2v) is 5.95. The van der Waals surface area contributed by atoms with Gasteiger partial charge >= 0.3 is 0 Å². The lowest BCUT2D eigenvalue weighted by atomic mass is 10.00. The second-order valence-electron chi connectivity index (χ2n) is 5.95. The van der Waals surface area contributed by atoms with E-state index >= 15 is 0 Å². The number of para-hydroxylation sites is 2. The Morgan fingerprint density at radius 1 is 1.16 bits per heavy atom. The third-order valence-electron chi connectivity index (χ3n) is 4.40. The molecule has 25 heavy (non-hydrogen) atoms. The van der Waals surface area contributed by atoms with Crippen molar-refractivity contribution < 1.29 is 19.0 Å². The second kappa shape index (κ2) is 7.92. The molecular weight excluding hydrogens is 318 g/mol. The van der Waals surface area contributed by atoms with Crippen molar-refractivity contribution in [2.75, 3.05) is 20.8 Å². The summed E-state index contributed by atoms with van der Waals surface area (Å²) in [5.41, 5.74) is 2.01. The van der Waals surface area contributed by atoms with Gasteiger partial charge in [0.1, 0.15) is 5.75 Å². The smallest absolute Gasteiger partial charge is 0.220 e. The van der Waals surface area contributed by atoms with Crippen LogP contribution in [-0.4, -0.2) is 26.7 Å². The lowest BCUT2D eigenvalue weighted by Gasteiger charge is -2.26. The van der Waals surface area contributed by atoms with Gasteiger partial charge in [0.2, 0.25) is 5.91 Å². The SMILES string of the molecule is COc1cccc(CCC(=O)NC2CCOc3ccccc32)c1OC. The van der Waals surface area contributed by atoms with Gasteiger partial charge in [0.15, 0.2) is 11.5 Å². The molecule has 2 aromatic rings. The van der Waals surface area contributed by atoms with Gasteiger partial charge < -0.3 is 19.5 Å². The topological polar surface area (TPSA) is 56.8 Å². The number of carbonyl (C=O) groups excluding carboxylic acids is 1. The maximum atomic E-state index is 12.4. The van der Waals surface area contributed by atoms with Crippen LogP contribution in [-0.2, 0) is 11.2 Å². The molecule has 1 unspecified atom stereocenters. The van der Waals surface area contributed by atoms with Crippen molar-refractivity contribution in [1.29, 1.82) is 0 Å². The number of hydrogen-bond acceptors (Lipinski definition) is 4. The molecule has 3 rings (SSSR count). The maximum absolute atomic E-state index is 12.4. The van der Waals surface area contributed by atoms with Gasteiger partial charge in [0.25, 0.3) is 0 Å². The molecule has 0 fully saturated rings. The summed E-state index contributed by atoms with van der Waals surface area (Å²) in [4.78, 5) is 12.4. The average molecular weight is 341 g/mol. The number of hydrogen-bond donors (Lipinski definition) is 1. The fraction of sp³-hybridized carbons (Fsp3) is 0.350. The van der Waals surface area contributed by atoms with E-state index in [4.69, 9.17) is 14.2 Å². The lowest BCUT2D eigenvalue weighted by molar-refractivity contribution is -0.122. The fourth-order valence-electron chi connectivity index (χ4n) is 3.16. The summed E-state index contributed by atoms with van der Waals surface area (Å²) >= 11 is 0. The first-order valence-corrected chi connectivity index (χ1v) is 8.44. The van der Waals surface area contributed by atoms with Gasteiger partial charge in [-0.2, -0.15) is 0 Å². The van der Waals surface area contributed by atoms with Crippen LogP contribution in [0.4, 0.5) is 0 Å². The van der Waals surface area contributed by atoms with Gasteiger partial charge in [-0.05, 0) is 24.1 Å². The molecule has 1 atom stereocenters. The number of amides is 1. The zero-order chi connectivity index (χ0) is 17.6. The molecule has 5 heteroatoms. The predicted octanol–water partition coefficient (Wildman–Crippen LogP) is 3.28. The van der Waals surface area contributed by atoms with Crippen molar-refractivity contribution >= 4 is 5.91 Å². The molecule has 1 N–H and O–H groups in total. The Labute approximate surface area is 147 Å². The normalized spacial score (nSPS) is 15.7. The number of aryl methyl sites for hydroxylation is 1. The van der Waals surface area contributed by atoms with Crippen molar-refractivity contribution in [3.63, 3.8) is 0 Å². The van der Waals surface area contributed by atoms with Crippen LogP contribution in [0.15, 0.2) is 42.5 Å². The average Bonchev–Trinajstić information content (AvgIpc) is 2.66. The van der Waals surface area contributed by atoms with Crippen LogP contribution in [0.5, 0.6) is 17.2 Å². The molecule has 0 saturated heterocycles. The first-order chi connectivity index (χ1) is 12.2. The molecule has 0 bridgehead atoms. The number of benzene rings is 2. The standard InChI is InChI=1S/C20H23NO4/c1-23-18-9-5-6-14(20(18)24-2)10-11-19(22)21-16-12-13-25-17-8-4-3-7-15(16)17/h3-9,16H,10-13H2,1-2H3,(H,21,22). The number of rotatable bonds is 6. The summed E-state index contributed by atoms with van der Waals surface area (Å²) in [6.45, 7) is 0.617. The number of methoxy groups -OCH3 is 2. The van der Waals surface area contributed by atoms with Gasteiger partial charge in [-0.15, -0.1) is 0 Å². The van der Waals surface area contributed by atoms with Crippen LogP contribution in [0.1, 0.15) is 30.0 Å². The quantitative estimate of drug-likeness (QED) is 0.876. The van der Waals surface area contributed by atoms with E-state index in [9.17, 15) is 4.79 Å². The summed E-state index contributed by atoms with van der Waals surface area (Å²) in [5.74, 6) is 2.24. The van der Waals surface area contributed by atoms with E-state index in [0.717, 1.165) is 23.3 Å². The minimum atomic E-state index is 0.00431. The monoisotopic (exact) mass is 341 g/mol. The van der Waals surface area contributed by atoms with Crippen LogP contribution in [0.2, 0.25) is 0 Å². The van der Waals surface area contributed by atoms with Gasteiger partial charge in [-0.25, -0.2) is 0 Å². The number of fused-ring (bicyclic) bond motifs is 1. The first kappa shape index (κ1) is 17.1. The van der Waals surface area contributed by atoms with Crippen molar-refractivity contribution in [3.05, 3.63) is 53.6 Å². The molecule has 2 aromatic carbocycles. The number of carbonyl (C=O) groups is 1. The highest BCUT2D eigenvalue weighted by Crippen LogP contribution is 2.33. The zero-order valence-corrected chi connectivity index (χ0v) is 14.6. The fourth-order valence-corrected chi connectivity index (χ4v) is 3.16. The molecule has 5 nitrogen and oxygen atoms in total. The Kier molecular flexibility index (Phi) is 5.43. The van der Waals surface area contributed by atoms with Crippen molar-refractivity contribution in [2.45, 2.75) is 25.3 Å². The van der Waals surface area contributed by atoms with Crippen molar-refractivity contribution in [2.24, 2.45) is 0 Å². The number of nitrogens with one attached hydrogen (secondary N) is 1. The minimum absolute atomic E-state index is 0.00431. The van der Waals surface area contributed by atoms with Crippen molar-refractivity contribution in [3.8, 4) is 17.2 Å². The van der Waals surface area contributed by atoms with E-state index in [1.54, 1.807) is 14.2 Å². The highest BCUT2D eigenvalue weighted by molar-refractivity contribution is 5.77. The van der Waals surface area contributed by atoms with E-state index in [1.165, 1.54) is 0 Å². The minimum Gasteiger partial charge on any atom is -0.493 e. The summed E-state index contributed by atoms with van der Waals surface area (Å²) < 4.78 is 16.4. The van der Waals surface area contributed by atoms with E-state index in [-0.39, 0.29) is 11.9 Å². The van der Waals surface area contributed by atoms with Gasteiger partial charge in [-0.3, -0.25) is 4.79 Å². The highest BCUT2D eigenvalue weighted by Gasteiger charge is 2.22. The van der Waals surface area contributed by atoms with Gasteiger partial charge in [-0.1, -0.05) is 30.3 Å². The van der Waals surface area contributed by atoms with Crippen LogP contribution in [0, 0.1) is 0 Å². The summed E-state index contributed by atoms with van der Waals surface area (Å²) in [6.07, 6.45) is 1.77. The van der Waals surface area contributed by atoms with E-state index in [2.05, 4.69) is 5.32 Å². The first-order valence-electron chi connectivity index (χ1n) is 8.44. The van der Waals surface area contributed by atoms with E-state index < -0.39 is 0 Å². The van der Waals surface area contributed by atoms with Gasteiger partial charge in [0, 0.05) is 18.4 Å². The Morgan fingerprint density at radius 2 is 2.00 bits per heavy atom. The third-order valence-corrected chi connectivity index (χ3v) is 4.40. The summed E-state index contributed by atoms with van der Waals surface area (Å²) in [5, 5.41) is 3.12. The van der Waals surface area contributed by atoms with Crippen LogP contribution in [0.3, 0.4) is 0 Å². The van der Waals surface area contributed by atoms with Crippen LogP contribution >= 0.6 is 0 Å². The Hall–Kier alpha value is -2.69. The van der Waals surface area contributed by atoms with Crippen molar-refractivity contribution in [1.82, 2.24) is 5.32 Å². The van der Waals surface area contributed by atoms with Crippen LogP contribution in [0.25, 0.3) is 0 Å². The molecule has 1 heterocycles.